The lowest BCUT2D eigenvalue weighted by Crippen LogP contribution is -2.62. The third-order valence-electron chi connectivity index (χ3n) is 10.6. The van der Waals surface area contributed by atoms with Gasteiger partial charge in [-0.15, -0.1) is 0 Å². The molecule has 3 fully saturated rings. The van der Waals surface area contributed by atoms with E-state index in [1.807, 2.05) is 13.0 Å². The van der Waals surface area contributed by atoms with Gasteiger partial charge in [-0.1, -0.05) is 25.5 Å². The van der Waals surface area contributed by atoms with Crippen molar-refractivity contribution in [3.8, 4) is 0 Å². The predicted molar refractivity (Wildman–Crippen MR) is 144 cm³/mol. The molecule has 0 aromatic carbocycles. The number of nitrogens with zero attached hydrogens (tertiary/aromatic N) is 1. The number of esters is 1. The number of fused-ring (bicyclic) bond motifs is 5. The normalized spacial score (nSPS) is 36.5. The van der Waals surface area contributed by atoms with Crippen LogP contribution in [0.5, 0.6) is 0 Å². The van der Waals surface area contributed by atoms with Gasteiger partial charge in [0, 0.05) is 24.5 Å². The number of aromatic nitrogens is 1. The molecule has 1 heterocycles. The van der Waals surface area contributed by atoms with Crippen LogP contribution in [0.1, 0.15) is 77.3 Å². The zero-order valence-corrected chi connectivity index (χ0v) is 23.4. The summed E-state index contributed by atoms with van der Waals surface area (Å²) >= 11 is 0. The molecule has 0 unspecified atom stereocenters. The first-order chi connectivity index (χ1) is 19.0. The molecule has 0 spiro atoms. The van der Waals surface area contributed by atoms with Gasteiger partial charge in [0.25, 0.3) is 0 Å². The van der Waals surface area contributed by atoms with Crippen molar-refractivity contribution >= 4 is 23.4 Å². The second-order valence-corrected chi connectivity index (χ2v) is 12.7. The Balaban J connectivity index is 1.18. The number of allylic oxidation sites excluding steroid dienone is 1. The number of hydrogen-bond donors (Lipinski definition) is 3. The number of amides is 1. The van der Waals surface area contributed by atoms with Crippen LogP contribution in [0, 0.1) is 28.6 Å². The van der Waals surface area contributed by atoms with Crippen LogP contribution >= 0.6 is 0 Å². The first kappa shape index (κ1) is 28.6. The zero-order chi connectivity index (χ0) is 28.7. The summed E-state index contributed by atoms with van der Waals surface area (Å²) in [6, 6.07) is 5.38. The smallest absolute Gasteiger partial charge is 0.306 e. The lowest BCUT2D eigenvalue weighted by atomic mass is 9.45. The van der Waals surface area contributed by atoms with Crippen LogP contribution in [-0.4, -0.2) is 57.0 Å². The second-order valence-electron chi connectivity index (χ2n) is 12.7. The molecule has 3 N–H and O–H groups in total. The number of aliphatic hydroxyl groups excluding tert-OH is 1. The SMILES string of the molecule is C[C@]12C[C@@H](O)[C@@H]3[C@H](CCC4=CC(=O)CC[C@]43C)[C@@H]1CC[C@@]2(O)C(=O)COC(=O)CCC(=O)NCc1ccccn1. The van der Waals surface area contributed by atoms with Crippen LogP contribution in [0.2, 0.25) is 0 Å². The predicted octanol–water partition coefficient (Wildman–Crippen LogP) is 2.82. The van der Waals surface area contributed by atoms with Gasteiger partial charge in [0.1, 0.15) is 5.60 Å². The zero-order valence-electron chi connectivity index (χ0n) is 23.4. The molecule has 1 amide bonds. The average molecular weight is 553 g/mol. The molecule has 0 aliphatic heterocycles. The summed E-state index contributed by atoms with van der Waals surface area (Å²) in [5.74, 6) is -1.24. The molecule has 7 atom stereocenters. The van der Waals surface area contributed by atoms with E-state index in [1.54, 1.807) is 24.4 Å². The van der Waals surface area contributed by atoms with Crippen LogP contribution in [-0.2, 0) is 30.5 Å². The number of carbonyl (C=O) groups excluding carboxylic acids is 4. The van der Waals surface area contributed by atoms with Gasteiger partial charge in [0.2, 0.25) is 11.7 Å². The Morgan fingerprint density at radius 3 is 2.67 bits per heavy atom. The van der Waals surface area contributed by atoms with Crippen molar-refractivity contribution in [2.75, 3.05) is 6.61 Å². The molecule has 1 aromatic rings. The van der Waals surface area contributed by atoms with E-state index >= 15 is 0 Å². The Morgan fingerprint density at radius 2 is 1.93 bits per heavy atom. The van der Waals surface area contributed by atoms with Gasteiger partial charge in [-0.2, -0.15) is 0 Å². The maximum atomic E-state index is 13.4. The summed E-state index contributed by atoms with van der Waals surface area (Å²) in [5.41, 5.74) is -0.961. The highest BCUT2D eigenvalue weighted by Gasteiger charge is 2.68. The van der Waals surface area contributed by atoms with Gasteiger partial charge in [-0.05, 0) is 79.9 Å². The summed E-state index contributed by atoms with van der Waals surface area (Å²) < 4.78 is 5.21. The molecule has 4 aliphatic rings. The minimum absolute atomic E-state index is 0.0160. The molecule has 0 radical (unpaired) electrons. The van der Waals surface area contributed by atoms with Gasteiger partial charge in [-0.25, -0.2) is 0 Å². The molecular formula is C31H40N2O7. The highest BCUT2D eigenvalue weighted by Crippen LogP contribution is 2.67. The van der Waals surface area contributed by atoms with Crippen molar-refractivity contribution in [3.05, 3.63) is 41.7 Å². The first-order valence-corrected chi connectivity index (χ1v) is 14.5. The van der Waals surface area contributed by atoms with Crippen molar-refractivity contribution in [2.24, 2.45) is 28.6 Å². The molecule has 9 heteroatoms. The summed E-state index contributed by atoms with van der Waals surface area (Å²) in [6.45, 7) is 3.75. The van der Waals surface area contributed by atoms with Crippen molar-refractivity contribution in [1.29, 1.82) is 0 Å². The quantitative estimate of drug-likeness (QED) is 0.418. The molecule has 0 bridgehead atoms. The van der Waals surface area contributed by atoms with Crippen LogP contribution in [0.25, 0.3) is 0 Å². The minimum Gasteiger partial charge on any atom is -0.458 e. The number of ether oxygens (including phenoxy) is 1. The Bertz CT molecular complexity index is 1220. The number of nitrogens with one attached hydrogen (secondary N) is 1. The largest absolute Gasteiger partial charge is 0.458 e. The van der Waals surface area contributed by atoms with Gasteiger partial charge in [-0.3, -0.25) is 24.2 Å². The van der Waals surface area contributed by atoms with Gasteiger partial charge in [0.15, 0.2) is 12.4 Å². The maximum Gasteiger partial charge on any atom is 0.306 e. The van der Waals surface area contributed by atoms with Gasteiger partial charge in [0.05, 0.1) is 24.8 Å². The fourth-order valence-electron chi connectivity index (χ4n) is 8.48. The molecule has 3 saturated carbocycles. The number of hydrogen-bond acceptors (Lipinski definition) is 8. The Labute approximate surface area is 234 Å². The van der Waals surface area contributed by atoms with E-state index in [9.17, 15) is 29.4 Å². The van der Waals surface area contributed by atoms with E-state index in [0.29, 0.717) is 18.5 Å². The van der Waals surface area contributed by atoms with E-state index in [1.165, 1.54) is 0 Å². The van der Waals surface area contributed by atoms with E-state index in [4.69, 9.17) is 4.74 Å². The number of rotatable bonds is 8. The lowest BCUT2D eigenvalue weighted by Gasteiger charge is -2.60. The van der Waals surface area contributed by atoms with Crippen LogP contribution < -0.4 is 5.32 Å². The van der Waals surface area contributed by atoms with Crippen molar-refractivity contribution < 1.29 is 34.1 Å². The first-order valence-electron chi connectivity index (χ1n) is 14.5. The molecule has 5 rings (SSSR count). The summed E-state index contributed by atoms with van der Waals surface area (Å²) in [7, 11) is 0. The molecule has 9 nitrogen and oxygen atoms in total. The van der Waals surface area contributed by atoms with Gasteiger partial charge < -0.3 is 20.3 Å². The fraction of sp³-hybridized carbons (Fsp3) is 0.645. The van der Waals surface area contributed by atoms with Crippen LogP contribution in [0.3, 0.4) is 0 Å². The van der Waals surface area contributed by atoms with E-state index in [0.717, 1.165) is 24.8 Å². The minimum atomic E-state index is -1.70. The fourth-order valence-corrected chi connectivity index (χ4v) is 8.48. The number of pyridine rings is 1. The average Bonchev–Trinajstić information content (AvgIpc) is 3.20. The van der Waals surface area contributed by atoms with E-state index in [2.05, 4.69) is 17.2 Å². The molecule has 40 heavy (non-hydrogen) atoms. The summed E-state index contributed by atoms with van der Waals surface area (Å²) in [4.78, 5) is 54.0. The Kier molecular flexibility index (Phi) is 7.74. The standard InChI is InChI=1S/C31H40N2O7/c1-29-12-10-21(34)15-19(29)6-7-22-23-11-13-31(39,30(23,2)16-24(35)28(22)29)25(36)18-40-27(38)9-8-26(37)33-17-20-5-3-4-14-32-20/h3-5,14-15,22-24,28,35,39H,6-13,16-18H2,1-2H3,(H,33,37)/t22-,23+,24-,28+,29-,30+,31-/m1/s1. The number of carbonyl (C=O) groups is 4. The number of Topliss-reactive ketones (excluding diaryl/α,β-unsaturated/α-hetero) is 1. The third-order valence-corrected chi connectivity index (χ3v) is 10.6. The van der Waals surface area contributed by atoms with Crippen molar-refractivity contribution in [3.63, 3.8) is 0 Å². The van der Waals surface area contributed by atoms with Gasteiger partial charge >= 0.3 is 5.97 Å². The molecular weight excluding hydrogens is 512 g/mol. The lowest BCUT2D eigenvalue weighted by molar-refractivity contribution is -0.184. The highest BCUT2D eigenvalue weighted by atomic mass is 16.5. The monoisotopic (exact) mass is 552 g/mol. The maximum absolute atomic E-state index is 13.4. The summed E-state index contributed by atoms with van der Waals surface area (Å²) in [5, 5.41) is 26.0. The van der Waals surface area contributed by atoms with Crippen LogP contribution in [0.15, 0.2) is 36.0 Å². The van der Waals surface area contributed by atoms with Crippen molar-refractivity contribution in [2.45, 2.75) is 89.9 Å². The molecule has 216 valence electrons. The van der Waals surface area contributed by atoms with E-state index in [-0.39, 0.29) is 67.1 Å². The van der Waals surface area contributed by atoms with E-state index < -0.39 is 35.5 Å². The van der Waals surface area contributed by atoms with Crippen molar-refractivity contribution in [1.82, 2.24) is 10.3 Å². The highest BCUT2D eigenvalue weighted by molar-refractivity contribution is 5.92. The number of ketones is 2. The number of aliphatic hydroxyl groups is 2. The topological polar surface area (TPSA) is 143 Å². The Hall–Kier alpha value is -2.91. The summed E-state index contributed by atoms with van der Waals surface area (Å²) in [6.07, 6.45) is 6.45. The Morgan fingerprint density at radius 1 is 1.12 bits per heavy atom. The molecule has 4 aliphatic carbocycles. The molecule has 1 aromatic heterocycles. The third kappa shape index (κ3) is 4.91. The van der Waals surface area contributed by atoms with Crippen LogP contribution in [0.4, 0.5) is 0 Å². The second kappa shape index (κ2) is 10.8. The molecule has 0 saturated heterocycles.